The van der Waals surface area contributed by atoms with Crippen LogP contribution in [0.5, 0.6) is 0 Å². The second kappa shape index (κ2) is 4.39. The van der Waals surface area contributed by atoms with Gasteiger partial charge in [0.15, 0.2) is 0 Å². The predicted octanol–water partition coefficient (Wildman–Crippen LogP) is 2.76. The Bertz CT molecular complexity index is 503. The minimum absolute atomic E-state index is 0.0338. The summed E-state index contributed by atoms with van der Waals surface area (Å²) in [5.41, 5.74) is 0.695. The number of hydrogen-bond acceptors (Lipinski definition) is 2. The third kappa shape index (κ3) is 2.33. The largest absolute Gasteiger partial charge is 0.294 e. The minimum atomic E-state index is -4.12. The van der Waals surface area contributed by atoms with Crippen LogP contribution in [0, 0.1) is 0 Å². The van der Waals surface area contributed by atoms with Gasteiger partial charge in [-0.1, -0.05) is 30.4 Å². The topological polar surface area (TPSA) is 54.4 Å². The average molecular weight is 238 g/mol. The van der Waals surface area contributed by atoms with Crippen molar-refractivity contribution >= 4 is 10.1 Å². The lowest BCUT2D eigenvalue weighted by atomic mass is 9.89. The first-order valence-electron chi connectivity index (χ1n) is 5.32. The van der Waals surface area contributed by atoms with Crippen LogP contribution < -0.4 is 0 Å². The van der Waals surface area contributed by atoms with Crippen LogP contribution in [0.15, 0.2) is 41.3 Å². The summed E-state index contributed by atoms with van der Waals surface area (Å²) in [6, 6.07) is 6.64. The highest BCUT2D eigenvalue weighted by Gasteiger charge is 2.20. The van der Waals surface area contributed by atoms with Gasteiger partial charge < -0.3 is 0 Å². The molecule has 0 fully saturated rings. The van der Waals surface area contributed by atoms with Crippen molar-refractivity contribution in [3.05, 3.63) is 42.0 Å². The monoisotopic (exact) mass is 238 g/mol. The molecule has 1 aromatic carbocycles. The Kier molecular flexibility index (Phi) is 3.12. The van der Waals surface area contributed by atoms with E-state index in [9.17, 15) is 8.42 Å². The van der Waals surface area contributed by atoms with E-state index in [1.807, 2.05) is 6.08 Å². The van der Waals surface area contributed by atoms with Crippen molar-refractivity contribution in [1.82, 2.24) is 0 Å². The van der Waals surface area contributed by atoms with Crippen LogP contribution in [-0.2, 0) is 10.1 Å². The van der Waals surface area contributed by atoms with Crippen LogP contribution in [0.3, 0.4) is 0 Å². The van der Waals surface area contributed by atoms with E-state index >= 15 is 0 Å². The summed E-state index contributed by atoms with van der Waals surface area (Å²) in [5.74, 6) is 0.104. The molecule has 3 nitrogen and oxygen atoms in total. The molecule has 16 heavy (non-hydrogen) atoms. The van der Waals surface area contributed by atoms with Gasteiger partial charge in [-0.3, -0.25) is 4.55 Å². The molecule has 0 bridgehead atoms. The number of benzene rings is 1. The second-order valence-corrected chi connectivity index (χ2v) is 5.37. The lowest BCUT2D eigenvalue weighted by Gasteiger charge is -2.18. The van der Waals surface area contributed by atoms with Crippen molar-refractivity contribution in [3.63, 3.8) is 0 Å². The highest BCUT2D eigenvalue weighted by molar-refractivity contribution is 7.85. The van der Waals surface area contributed by atoms with E-state index in [1.54, 1.807) is 18.2 Å². The fourth-order valence-corrected chi connectivity index (χ4v) is 2.86. The lowest BCUT2D eigenvalue weighted by Crippen LogP contribution is -2.07. The Labute approximate surface area is 95.6 Å². The lowest BCUT2D eigenvalue weighted by molar-refractivity contribution is 0.480. The third-order valence-electron chi connectivity index (χ3n) is 2.85. The molecule has 0 heterocycles. The summed E-state index contributed by atoms with van der Waals surface area (Å²) in [4.78, 5) is 0.0338. The Balaban J connectivity index is 2.48. The molecular formula is C12H14O3S. The van der Waals surface area contributed by atoms with Crippen LogP contribution in [0.2, 0.25) is 0 Å². The van der Waals surface area contributed by atoms with Crippen LogP contribution in [-0.4, -0.2) is 13.0 Å². The molecule has 86 valence electrons. The first-order chi connectivity index (χ1) is 7.59. The molecule has 1 N–H and O–H groups in total. The van der Waals surface area contributed by atoms with Crippen molar-refractivity contribution in [3.8, 4) is 0 Å². The molecule has 2 rings (SSSR count). The second-order valence-electron chi connectivity index (χ2n) is 3.98. The standard InChI is InChI=1S/C12H14O3S/c13-16(14,15)12-9-5-4-8-11(12)10-6-2-1-3-7-10/h2,4-6,8-10H,1,3,7H2,(H,13,14,15). The zero-order chi connectivity index (χ0) is 11.6. The minimum Gasteiger partial charge on any atom is -0.282 e. The van der Waals surface area contributed by atoms with Gasteiger partial charge in [-0.15, -0.1) is 0 Å². The van der Waals surface area contributed by atoms with E-state index in [2.05, 4.69) is 6.08 Å². The molecule has 0 aromatic heterocycles. The van der Waals surface area contributed by atoms with Gasteiger partial charge in [0.25, 0.3) is 10.1 Å². The molecule has 0 amide bonds. The highest BCUT2D eigenvalue weighted by Crippen LogP contribution is 2.31. The highest BCUT2D eigenvalue weighted by atomic mass is 32.2. The fraction of sp³-hybridized carbons (Fsp3) is 0.333. The molecule has 0 saturated heterocycles. The molecule has 1 atom stereocenters. The molecule has 1 aromatic rings. The quantitative estimate of drug-likeness (QED) is 0.636. The van der Waals surface area contributed by atoms with Crippen LogP contribution >= 0.6 is 0 Å². The van der Waals surface area contributed by atoms with Crippen molar-refractivity contribution < 1.29 is 13.0 Å². The molecule has 1 unspecified atom stereocenters. The SMILES string of the molecule is O=S(=O)(O)c1ccccc1C1C=CCCC1. The van der Waals surface area contributed by atoms with Gasteiger partial charge in [-0.25, -0.2) is 0 Å². The molecule has 1 aliphatic carbocycles. The summed E-state index contributed by atoms with van der Waals surface area (Å²) in [6.07, 6.45) is 7.12. The third-order valence-corrected chi connectivity index (χ3v) is 3.78. The van der Waals surface area contributed by atoms with Crippen molar-refractivity contribution in [2.24, 2.45) is 0 Å². The van der Waals surface area contributed by atoms with E-state index in [0.717, 1.165) is 19.3 Å². The Morgan fingerprint density at radius 2 is 2.00 bits per heavy atom. The van der Waals surface area contributed by atoms with Crippen molar-refractivity contribution in [1.29, 1.82) is 0 Å². The van der Waals surface area contributed by atoms with Crippen LogP contribution in [0.1, 0.15) is 30.7 Å². The number of allylic oxidation sites excluding steroid dienone is 2. The number of rotatable bonds is 2. The molecular weight excluding hydrogens is 224 g/mol. The van der Waals surface area contributed by atoms with E-state index in [0.29, 0.717) is 5.56 Å². The van der Waals surface area contributed by atoms with Gasteiger partial charge in [-0.2, -0.15) is 8.42 Å². The molecule has 0 spiro atoms. The van der Waals surface area contributed by atoms with Gasteiger partial charge in [0, 0.05) is 5.92 Å². The first-order valence-corrected chi connectivity index (χ1v) is 6.76. The van der Waals surface area contributed by atoms with Gasteiger partial charge in [0.1, 0.15) is 0 Å². The molecule has 0 saturated carbocycles. The van der Waals surface area contributed by atoms with E-state index < -0.39 is 10.1 Å². The summed E-state index contributed by atoms with van der Waals surface area (Å²) in [6.45, 7) is 0. The molecule has 4 heteroatoms. The fourth-order valence-electron chi connectivity index (χ4n) is 2.09. The Morgan fingerprint density at radius 3 is 2.62 bits per heavy atom. The van der Waals surface area contributed by atoms with E-state index in [4.69, 9.17) is 4.55 Å². The summed E-state index contributed by atoms with van der Waals surface area (Å²) in [5, 5.41) is 0. The molecule has 1 aliphatic rings. The Morgan fingerprint density at radius 1 is 1.25 bits per heavy atom. The number of hydrogen-bond donors (Lipinski definition) is 1. The maximum absolute atomic E-state index is 11.2. The van der Waals surface area contributed by atoms with Crippen molar-refractivity contribution in [2.75, 3.05) is 0 Å². The Hall–Kier alpha value is -1.13. The predicted molar refractivity (Wildman–Crippen MR) is 62.0 cm³/mol. The summed E-state index contributed by atoms with van der Waals surface area (Å²) in [7, 11) is -4.12. The average Bonchev–Trinajstić information content (AvgIpc) is 2.29. The van der Waals surface area contributed by atoms with E-state index in [-0.39, 0.29) is 10.8 Å². The smallest absolute Gasteiger partial charge is 0.282 e. The first kappa shape index (κ1) is 11.4. The van der Waals surface area contributed by atoms with Crippen molar-refractivity contribution in [2.45, 2.75) is 30.1 Å². The molecule has 0 aliphatic heterocycles. The maximum atomic E-state index is 11.2. The zero-order valence-corrected chi connectivity index (χ0v) is 9.65. The summed E-state index contributed by atoms with van der Waals surface area (Å²) < 4.78 is 31.6. The zero-order valence-electron chi connectivity index (χ0n) is 8.83. The van der Waals surface area contributed by atoms with Gasteiger partial charge in [0.05, 0.1) is 4.90 Å². The summed E-state index contributed by atoms with van der Waals surface area (Å²) >= 11 is 0. The van der Waals surface area contributed by atoms with Crippen LogP contribution in [0.25, 0.3) is 0 Å². The van der Waals surface area contributed by atoms with Crippen LogP contribution in [0.4, 0.5) is 0 Å². The normalized spacial score (nSPS) is 20.9. The van der Waals surface area contributed by atoms with E-state index in [1.165, 1.54) is 6.07 Å². The van der Waals surface area contributed by atoms with Gasteiger partial charge in [0.2, 0.25) is 0 Å². The molecule has 0 radical (unpaired) electrons. The van der Waals surface area contributed by atoms with Gasteiger partial charge >= 0.3 is 0 Å². The maximum Gasteiger partial charge on any atom is 0.294 e. The van der Waals surface area contributed by atoms with Gasteiger partial charge in [-0.05, 0) is 30.9 Å².